The summed E-state index contributed by atoms with van der Waals surface area (Å²) in [6.07, 6.45) is 5.85. The first-order valence-corrected chi connectivity index (χ1v) is 7.07. The van der Waals surface area contributed by atoms with Gasteiger partial charge < -0.3 is 16.0 Å². The van der Waals surface area contributed by atoms with Crippen LogP contribution in [0.2, 0.25) is 0 Å². The summed E-state index contributed by atoms with van der Waals surface area (Å²) >= 11 is 3.27. The minimum absolute atomic E-state index is 0.138. The number of hydrogen-bond donors (Lipinski definition) is 3. The van der Waals surface area contributed by atoms with Crippen LogP contribution in [0, 0.1) is 5.92 Å². The van der Waals surface area contributed by atoms with E-state index in [9.17, 15) is 4.79 Å². The van der Waals surface area contributed by atoms with Gasteiger partial charge in [-0.3, -0.25) is 4.79 Å². The van der Waals surface area contributed by atoms with Crippen molar-refractivity contribution in [1.29, 1.82) is 0 Å². The summed E-state index contributed by atoms with van der Waals surface area (Å²) in [6, 6.07) is 0. The van der Waals surface area contributed by atoms with E-state index < -0.39 is 0 Å². The molecule has 0 radical (unpaired) electrons. The van der Waals surface area contributed by atoms with Gasteiger partial charge in [0.15, 0.2) is 0 Å². The molecule has 1 aliphatic rings. The number of aromatic nitrogens is 2. The number of nitrogens with zero attached hydrogens (tertiary/aromatic N) is 1. The molecule has 0 bridgehead atoms. The van der Waals surface area contributed by atoms with Crippen LogP contribution in [0.1, 0.15) is 32.6 Å². The third kappa shape index (κ3) is 2.75. The monoisotopic (exact) mass is 314 g/mol. The summed E-state index contributed by atoms with van der Waals surface area (Å²) < 4.78 is 0.441. The molecular formula is C12H19BrN4O. The van der Waals surface area contributed by atoms with Crippen LogP contribution in [0.25, 0.3) is 0 Å². The Bertz CT molecular complexity index is 475. The zero-order valence-corrected chi connectivity index (χ0v) is 12.1. The van der Waals surface area contributed by atoms with E-state index in [1.54, 1.807) is 0 Å². The lowest BCUT2D eigenvalue weighted by Gasteiger charge is -2.40. The SMILES string of the molecule is CC1CCCC(CN)(Nc2nc[nH]c(=O)c2Br)C1. The molecule has 6 heteroatoms. The highest BCUT2D eigenvalue weighted by molar-refractivity contribution is 9.10. The second-order valence-electron chi connectivity index (χ2n) is 5.21. The van der Waals surface area contributed by atoms with Gasteiger partial charge >= 0.3 is 0 Å². The van der Waals surface area contributed by atoms with Crippen LogP contribution < -0.4 is 16.6 Å². The van der Waals surface area contributed by atoms with Gasteiger partial charge in [0.05, 0.1) is 11.9 Å². The molecule has 100 valence electrons. The predicted octanol–water partition coefficient (Wildman–Crippen LogP) is 1.85. The van der Waals surface area contributed by atoms with Crippen LogP contribution in [0.5, 0.6) is 0 Å². The normalized spacial score (nSPS) is 28.1. The summed E-state index contributed by atoms with van der Waals surface area (Å²) in [5.74, 6) is 1.23. The molecule has 18 heavy (non-hydrogen) atoms. The first-order valence-electron chi connectivity index (χ1n) is 6.28. The van der Waals surface area contributed by atoms with E-state index in [0.29, 0.717) is 22.8 Å². The van der Waals surface area contributed by atoms with Crippen molar-refractivity contribution >= 4 is 21.7 Å². The van der Waals surface area contributed by atoms with E-state index in [-0.39, 0.29) is 11.1 Å². The Morgan fingerprint density at radius 1 is 1.72 bits per heavy atom. The maximum absolute atomic E-state index is 11.5. The highest BCUT2D eigenvalue weighted by atomic mass is 79.9. The van der Waals surface area contributed by atoms with Gasteiger partial charge in [0.2, 0.25) is 0 Å². The van der Waals surface area contributed by atoms with Gasteiger partial charge in [-0.15, -0.1) is 0 Å². The summed E-state index contributed by atoms with van der Waals surface area (Å²) in [7, 11) is 0. The molecule has 1 aliphatic carbocycles. The molecule has 4 N–H and O–H groups in total. The highest BCUT2D eigenvalue weighted by Gasteiger charge is 2.34. The van der Waals surface area contributed by atoms with Crippen LogP contribution in [-0.4, -0.2) is 22.1 Å². The van der Waals surface area contributed by atoms with Crippen molar-refractivity contribution in [1.82, 2.24) is 9.97 Å². The Hall–Kier alpha value is -0.880. The van der Waals surface area contributed by atoms with E-state index in [0.717, 1.165) is 19.3 Å². The quantitative estimate of drug-likeness (QED) is 0.795. The fourth-order valence-corrected chi connectivity index (χ4v) is 3.05. The molecule has 1 fully saturated rings. The molecule has 0 aliphatic heterocycles. The first kappa shape index (κ1) is 13.5. The molecule has 0 spiro atoms. The highest BCUT2D eigenvalue weighted by Crippen LogP contribution is 2.34. The lowest BCUT2D eigenvalue weighted by Crippen LogP contribution is -2.49. The summed E-state index contributed by atoms with van der Waals surface area (Å²) in [5.41, 5.74) is 5.63. The van der Waals surface area contributed by atoms with Crippen LogP contribution in [0.4, 0.5) is 5.82 Å². The second-order valence-corrected chi connectivity index (χ2v) is 6.00. The zero-order valence-electron chi connectivity index (χ0n) is 10.5. The smallest absolute Gasteiger partial charge is 0.267 e. The Labute approximate surface area is 115 Å². The molecule has 0 amide bonds. The average molecular weight is 315 g/mol. The van der Waals surface area contributed by atoms with E-state index in [1.807, 2.05) is 0 Å². The molecule has 2 atom stereocenters. The Morgan fingerprint density at radius 3 is 3.17 bits per heavy atom. The van der Waals surface area contributed by atoms with Crippen molar-refractivity contribution in [3.63, 3.8) is 0 Å². The number of aromatic amines is 1. The summed E-state index contributed by atoms with van der Waals surface area (Å²) in [4.78, 5) is 18.2. The van der Waals surface area contributed by atoms with Crippen molar-refractivity contribution < 1.29 is 0 Å². The van der Waals surface area contributed by atoms with E-state index in [1.165, 1.54) is 12.7 Å². The number of nitrogens with two attached hydrogens (primary N) is 1. The molecule has 1 heterocycles. The predicted molar refractivity (Wildman–Crippen MR) is 75.6 cm³/mol. The molecule has 5 nitrogen and oxygen atoms in total. The third-order valence-electron chi connectivity index (χ3n) is 3.66. The summed E-state index contributed by atoms with van der Waals surface area (Å²) in [5, 5.41) is 3.38. The molecular weight excluding hydrogens is 296 g/mol. The van der Waals surface area contributed by atoms with E-state index in [2.05, 4.69) is 38.1 Å². The van der Waals surface area contributed by atoms with E-state index >= 15 is 0 Å². The average Bonchev–Trinajstić information content (AvgIpc) is 2.35. The lowest BCUT2D eigenvalue weighted by atomic mass is 9.76. The Morgan fingerprint density at radius 2 is 2.50 bits per heavy atom. The van der Waals surface area contributed by atoms with Gasteiger partial charge in [-0.2, -0.15) is 0 Å². The van der Waals surface area contributed by atoms with Gasteiger partial charge in [-0.05, 0) is 34.7 Å². The van der Waals surface area contributed by atoms with Crippen LogP contribution in [0.3, 0.4) is 0 Å². The Kier molecular flexibility index (Phi) is 4.07. The van der Waals surface area contributed by atoms with Gasteiger partial charge in [-0.25, -0.2) is 4.98 Å². The second kappa shape index (κ2) is 5.40. The van der Waals surface area contributed by atoms with Crippen molar-refractivity contribution in [2.24, 2.45) is 11.7 Å². The minimum atomic E-state index is -0.177. The van der Waals surface area contributed by atoms with Gasteiger partial charge in [0.25, 0.3) is 5.56 Å². The van der Waals surface area contributed by atoms with Gasteiger partial charge in [-0.1, -0.05) is 19.8 Å². The molecule has 1 saturated carbocycles. The molecule has 0 saturated heterocycles. The van der Waals surface area contributed by atoms with Gasteiger partial charge in [0, 0.05) is 6.54 Å². The number of rotatable bonds is 3. The number of hydrogen-bond acceptors (Lipinski definition) is 4. The number of nitrogens with one attached hydrogen (secondary N) is 2. The molecule has 2 rings (SSSR count). The number of anilines is 1. The lowest BCUT2D eigenvalue weighted by molar-refractivity contribution is 0.263. The van der Waals surface area contributed by atoms with Crippen LogP contribution in [0.15, 0.2) is 15.6 Å². The topological polar surface area (TPSA) is 83.8 Å². The maximum Gasteiger partial charge on any atom is 0.267 e. The van der Waals surface area contributed by atoms with Crippen molar-refractivity contribution in [2.45, 2.75) is 38.1 Å². The van der Waals surface area contributed by atoms with Crippen molar-refractivity contribution in [3.8, 4) is 0 Å². The Balaban J connectivity index is 2.24. The molecule has 1 aromatic heterocycles. The minimum Gasteiger partial charge on any atom is -0.362 e. The number of halogens is 1. The fraction of sp³-hybridized carbons (Fsp3) is 0.667. The van der Waals surface area contributed by atoms with Gasteiger partial charge in [0.1, 0.15) is 10.3 Å². The summed E-state index contributed by atoms with van der Waals surface area (Å²) in [6.45, 7) is 2.80. The van der Waals surface area contributed by atoms with Crippen molar-refractivity contribution in [3.05, 3.63) is 21.2 Å². The van der Waals surface area contributed by atoms with Crippen molar-refractivity contribution in [2.75, 3.05) is 11.9 Å². The van der Waals surface area contributed by atoms with Crippen LogP contribution in [-0.2, 0) is 0 Å². The fourth-order valence-electron chi connectivity index (χ4n) is 2.73. The number of H-pyrrole nitrogens is 1. The third-order valence-corrected chi connectivity index (χ3v) is 4.40. The largest absolute Gasteiger partial charge is 0.362 e. The first-order chi connectivity index (χ1) is 8.56. The molecule has 2 unspecified atom stereocenters. The standard InChI is InChI=1S/C12H19BrN4O/c1-8-3-2-4-12(5-8,6-14)17-10-9(13)11(18)16-7-15-10/h7-8H,2-6,14H2,1H3,(H2,15,16,17,18). The maximum atomic E-state index is 11.5. The van der Waals surface area contributed by atoms with E-state index in [4.69, 9.17) is 5.73 Å². The van der Waals surface area contributed by atoms with Crippen LogP contribution >= 0.6 is 15.9 Å². The molecule has 0 aromatic carbocycles. The molecule has 1 aromatic rings. The zero-order chi connectivity index (χ0) is 13.2.